The van der Waals surface area contributed by atoms with Gasteiger partial charge in [0.05, 0.1) is 16.5 Å². The summed E-state index contributed by atoms with van der Waals surface area (Å²) < 4.78 is 93.5. The Labute approximate surface area is 227 Å². The molecule has 0 aliphatic heterocycles. The number of pyridine rings is 2. The minimum absolute atomic E-state index is 0.00270. The highest BCUT2D eigenvalue weighted by Crippen LogP contribution is 2.30. The molecule has 0 amide bonds. The van der Waals surface area contributed by atoms with Crippen molar-refractivity contribution in [3.63, 3.8) is 0 Å². The largest absolute Gasteiger partial charge is 0.489 e. The predicted octanol–water partition coefficient (Wildman–Crippen LogP) is 7.45. The molecular weight excluding hydrogens is 554 g/mol. The Balaban J connectivity index is 1.25. The van der Waals surface area contributed by atoms with Crippen LogP contribution >= 0.6 is 0 Å². The number of benzene rings is 2. The molecule has 5 rings (SSSR count). The summed E-state index contributed by atoms with van der Waals surface area (Å²) >= 11 is 0. The van der Waals surface area contributed by atoms with Crippen LogP contribution < -0.4 is 14.9 Å². The smallest absolute Gasteiger partial charge is 0.433 e. The highest BCUT2D eigenvalue weighted by atomic mass is 19.4. The van der Waals surface area contributed by atoms with Crippen LogP contribution in [0.5, 0.6) is 11.5 Å². The van der Waals surface area contributed by atoms with E-state index in [1.807, 2.05) is 0 Å². The van der Waals surface area contributed by atoms with Gasteiger partial charge in [-0.1, -0.05) is 18.2 Å². The summed E-state index contributed by atoms with van der Waals surface area (Å²) in [4.78, 5) is 20.1. The SMILES string of the molecule is O=c1c(-c2ccc(OCc3ccc(C(F)(F)F)nc3)cc2)coc2cc(OCc3cncc(C(F)(F)F)c3)ccc12. The molecule has 0 aliphatic rings. The lowest BCUT2D eigenvalue weighted by molar-refractivity contribution is -0.141. The summed E-state index contributed by atoms with van der Waals surface area (Å²) in [6.07, 6.45) is -4.66. The number of alkyl halides is 6. The standard InChI is InChI=1S/C29H18F6N2O4/c30-28(31,32)20-9-18(11-36-13-20)15-40-22-6-7-23-25(10-22)41-16-24(27(23)38)19-2-4-21(5-3-19)39-14-17-1-8-26(37-12-17)29(33,34)35/h1-13,16H,14-15H2. The fourth-order valence-electron chi connectivity index (χ4n) is 3.86. The van der Waals surface area contributed by atoms with Crippen molar-refractivity contribution in [1.82, 2.24) is 9.97 Å². The van der Waals surface area contributed by atoms with Crippen LogP contribution in [-0.2, 0) is 25.6 Å². The van der Waals surface area contributed by atoms with Crippen molar-refractivity contribution >= 4 is 11.0 Å². The fraction of sp³-hybridized carbons (Fsp3) is 0.138. The first kappa shape index (κ1) is 27.7. The molecule has 5 aromatic rings. The monoisotopic (exact) mass is 572 g/mol. The predicted molar refractivity (Wildman–Crippen MR) is 135 cm³/mol. The molecule has 0 radical (unpaired) electrons. The molecule has 41 heavy (non-hydrogen) atoms. The highest BCUT2D eigenvalue weighted by Gasteiger charge is 2.32. The van der Waals surface area contributed by atoms with E-state index in [1.165, 1.54) is 36.7 Å². The van der Waals surface area contributed by atoms with Crippen molar-refractivity contribution in [2.45, 2.75) is 25.6 Å². The van der Waals surface area contributed by atoms with Crippen LogP contribution in [0.1, 0.15) is 22.4 Å². The molecule has 0 atom stereocenters. The first-order valence-corrected chi connectivity index (χ1v) is 11.9. The zero-order valence-electron chi connectivity index (χ0n) is 20.8. The number of aromatic nitrogens is 2. The number of ether oxygens (including phenoxy) is 2. The average molecular weight is 572 g/mol. The van der Waals surface area contributed by atoms with Gasteiger partial charge in [-0.15, -0.1) is 0 Å². The maximum absolute atomic E-state index is 13.1. The molecular formula is C29H18F6N2O4. The minimum atomic E-state index is -4.52. The molecule has 0 N–H and O–H groups in total. The Morgan fingerprint density at radius 3 is 2.12 bits per heavy atom. The van der Waals surface area contributed by atoms with E-state index in [-0.39, 0.29) is 46.5 Å². The number of hydrogen-bond donors (Lipinski definition) is 0. The van der Waals surface area contributed by atoms with Crippen molar-refractivity contribution in [2.75, 3.05) is 0 Å². The molecule has 6 nitrogen and oxygen atoms in total. The normalized spacial score (nSPS) is 12.0. The van der Waals surface area contributed by atoms with Gasteiger partial charge in [0.25, 0.3) is 0 Å². The maximum Gasteiger partial charge on any atom is 0.433 e. The molecule has 0 unspecified atom stereocenters. The van der Waals surface area contributed by atoms with E-state index in [0.717, 1.165) is 24.5 Å². The van der Waals surface area contributed by atoms with Crippen molar-refractivity contribution in [1.29, 1.82) is 0 Å². The molecule has 3 aromatic heterocycles. The van der Waals surface area contributed by atoms with Gasteiger partial charge in [-0.05, 0) is 42.0 Å². The van der Waals surface area contributed by atoms with E-state index < -0.39 is 23.6 Å². The van der Waals surface area contributed by atoms with Gasteiger partial charge < -0.3 is 13.9 Å². The highest BCUT2D eigenvalue weighted by molar-refractivity contribution is 5.82. The summed E-state index contributed by atoms with van der Waals surface area (Å²) in [6, 6.07) is 14.1. The Kier molecular flexibility index (Phi) is 7.40. The summed E-state index contributed by atoms with van der Waals surface area (Å²) in [5.41, 5.74) is -0.468. The molecule has 2 aromatic carbocycles. The molecule has 12 heteroatoms. The van der Waals surface area contributed by atoms with Gasteiger partial charge in [-0.2, -0.15) is 26.3 Å². The van der Waals surface area contributed by atoms with E-state index >= 15 is 0 Å². The van der Waals surface area contributed by atoms with Crippen LogP contribution in [0.15, 0.2) is 94.7 Å². The number of nitrogens with zero attached hydrogens (tertiary/aromatic N) is 2. The second kappa shape index (κ2) is 11.0. The summed E-state index contributed by atoms with van der Waals surface area (Å²) in [6.45, 7) is -0.175. The van der Waals surface area contributed by atoms with E-state index in [2.05, 4.69) is 9.97 Å². The van der Waals surface area contributed by atoms with Gasteiger partial charge >= 0.3 is 12.4 Å². The van der Waals surface area contributed by atoms with Crippen LogP contribution in [0, 0.1) is 0 Å². The number of halogens is 6. The molecule has 0 aliphatic carbocycles. The quantitative estimate of drug-likeness (QED) is 0.189. The zero-order valence-corrected chi connectivity index (χ0v) is 20.8. The number of fused-ring (bicyclic) bond motifs is 1. The Hall–Kier alpha value is -4.87. The summed E-state index contributed by atoms with van der Waals surface area (Å²) in [5, 5.41) is 0.269. The van der Waals surface area contributed by atoms with Gasteiger partial charge in [-0.25, -0.2) is 0 Å². The Morgan fingerprint density at radius 2 is 1.44 bits per heavy atom. The first-order valence-electron chi connectivity index (χ1n) is 11.9. The van der Waals surface area contributed by atoms with Gasteiger partial charge in [0.1, 0.15) is 42.3 Å². The van der Waals surface area contributed by atoms with E-state index in [0.29, 0.717) is 16.9 Å². The second-order valence-electron chi connectivity index (χ2n) is 8.87. The van der Waals surface area contributed by atoms with Crippen LogP contribution in [0.25, 0.3) is 22.1 Å². The average Bonchev–Trinajstić information content (AvgIpc) is 2.95. The number of hydrogen-bond acceptors (Lipinski definition) is 6. The third kappa shape index (κ3) is 6.48. The van der Waals surface area contributed by atoms with E-state index in [1.54, 1.807) is 24.3 Å². The molecule has 0 saturated heterocycles. The van der Waals surface area contributed by atoms with Crippen molar-refractivity contribution in [2.24, 2.45) is 0 Å². The van der Waals surface area contributed by atoms with Crippen LogP contribution in [0.3, 0.4) is 0 Å². The van der Waals surface area contributed by atoms with Gasteiger partial charge in [0.2, 0.25) is 0 Å². The first-order chi connectivity index (χ1) is 19.5. The van der Waals surface area contributed by atoms with Gasteiger partial charge in [0, 0.05) is 35.8 Å². The van der Waals surface area contributed by atoms with Gasteiger partial charge in [-0.3, -0.25) is 14.8 Å². The van der Waals surface area contributed by atoms with Crippen LogP contribution in [0.4, 0.5) is 26.3 Å². The summed E-state index contributed by atoms with van der Waals surface area (Å²) in [5.74, 6) is 0.715. The minimum Gasteiger partial charge on any atom is -0.489 e. The Bertz CT molecular complexity index is 1730. The molecule has 0 spiro atoms. The molecule has 210 valence electrons. The zero-order chi connectivity index (χ0) is 29.2. The lowest BCUT2D eigenvalue weighted by Crippen LogP contribution is -2.08. The van der Waals surface area contributed by atoms with Crippen LogP contribution in [0.2, 0.25) is 0 Å². The summed E-state index contributed by atoms with van der Waals surface area (Å²) in [7, 11) is 0. The van der Waals surface area contributed by atoms with E-state index in [9.17, 15) is 31.1 Å². The molecule has 0 fully saturated rings. The third-order valence-corrected chi connectivity index (χ3v) is 5.96. The fourth-order valence-corrected chi connectivity index (χ4v) is 3.86. The number of rotatable bonds is 7. The lowest BCUT2D eigenvalue weighted by Gasteiger charge is -2.10. The van der Waals surface area contributed by atoms with Crippen molar-refractivity contribution in [3.05, 3.63) is 118 Å². The molecule has 0 saturated carbocycles. The maximum atomic E-state index is 13.1. The van der Waals surface area contributed by atoms with E-state index in [4.69, 9.17) is 13.9 Å². The molecule has 0 bridgehead atoms. The Morgan fingerprint density at radius 1 is 0.732 bits per heavy atom. The van der Waals surface area contributed by atoms with Crippen molar-refractivity contribution in [3.8, 4) is 22.6 Å². The van der Waals surface area contributed by atoms with Gasteiger partial charge in [0.15, 0.2) is 5.43 Å². The lowest BCUT2D eigenvalue weighted by atomic mass is 10.1. The second-order valence-corrected chi connectivity index (χ2v) is 8.87. The molecule has 3 heterocycles. The van der Waals surface area contributed by atoms with Crippen LogP contribution in [-0.4, -0.2) is 9.97 Å². The third-order valence-electron chi connectivity index (χ3n) is 5.96. The van der Waals surface area contributed by atoms with Crippen molar-refractivity contribution < 1.29 is 40.2 Å². The topological polar surface area (TPSA) is 74.5 Å².